The lowest BCUT2D eigenvalue weighted by Gasteiger charge is -1.95. The Morgan fingerprint density at radius 2 is 2.11 bits per heavy atom. The quantitative estimate of drug-likeness (QED) is 0.427. The minimum Gasteiger partial charge on any atom is -0.427 e. The fourth-order valence-corrected chi connectivity index (χ4v) is 0.658. The van der Waals surface area contributed by atoms with Gasteiger partial charge in [-0.05, 0) is 0 Å². The van der Waals surface area contributed by atoms with Crippen LogP contribution in [0, 0.1) is 0 Å². The van der Waals surface area contributed by atoms with E-state index in [1.807, 2.05) is 0 Å². The number of nitrogens with two attached hydrogens (primary N) is 2. The van der Waals surface area contributed by atoms with E-state index in [0.29, 0.717) is 18.6 Å². The van der Waals surface area contributed by atoms with E-state index in [1.165, 1.54) is 0 Å². The topological polar surface area (TPSA) is 78.3 Å². The van der Waals surface area contributed by atoms with Gasteiger partial charge in [0.1, 0.15) is 11.6 Å². The standard InChI is InChI=1S/C5H8N2O2/c6-5(7)3-1-2-4(8)9-3/h1-2,6-7H2. The van der Waals surface area contributed by atoms with Crippen LogP contribution in [-0.2, 0) is 9.53 Å². The molecule has 0 spiro atoms. The molecule has 1 aliphatic rings. The monoisotopic (exact) mass is 128 g/mol. The van der Waals surface area contributed by atoms with Crippen molar-refractivity contribution < 1.29 is 9.53 Å². The number of rotatable bonds is 0. The highest BCUT2D eigenvalue weighted by Crippen LogP contribution is 2.16. The molecule has 0 amide bonds. The summed E-state index contributed by atoms with van der Waals surface area (Å²) in [6.07, 6.45) is 0.939. The first-order valence-electron chi connectivity index (χ1n) is 2.65. The molecule has 1 fully saturated rings. The van der Waals surface area contributed by atoms with Crippen molar-refractivity contribution in [3.05, 3.63) is 11.6 Å². The van der Waals surface area contributed by atoms with Crippen LogP contribution in [0.15, 0.2) is 11.6 Å². The molecule has 1 rings (SSSR count). The summed E-state index contributed by atoms with van der Waals surface area (Å²) in [6.45, 7) is 0. The van der Waals surface area contributed by atoms with Crippen molar-refractivity contribution in [2.24, 2.45) is 11.5 Å². The minimum absolute atomic E-state index is 0.112. The van der Waals surface area contributed by atoms with Gasteiger partial charge in [-0.1, -0.05) is 0 Å². The van der Waals surface area contributed by atoms with Gasteiger partial charge in [0, 0.05) is 6.42 Å². The molecular weight excluding hydrogens is 120 g/mol. The van der Waals surface area contributed by atoms with Crippen molar-refractivity contribution in [3.63, 3.8) is 0 Å². The average Bonchev–Trinajstić information content (AvgIpc) is 2.14. The Morgan fingerprint density at radius 3 is 2.33 bits per heavy atom. The third-order valence-electron chi connectivity index (χ3n) is 1.12. The van der Waals surface area contributed by atoms with Crippen molar-refractivity contribution in [1.29, 1.82) is 0 Å². The molecule has 4 nitrogen and oxygen atoms in total. The maximum absolute atomic E-state index is 10.4. The zero-order valence-electron chi connectivity index (χ0n) is 4.89. The van der Waals surface area contributed by atoms with Crippen LogP contribution < -0.4 is 11.5 Å². The first kappa shape index (κ1) is 5.94. The van der Waals surface area contributed by atoms with Gasteiger partial charge in [-0.15, -0.1) is 0 Å². The first-order valence-corrected chi connectivity index (χ1v) is 2.65. The van der Waals surface area contributed by atoms with Gasteiger partial charge in [0.05, 0.1) is 6.42 Å². The Labute approximate surface area is 52.5 Å². The lowest BCUT2D eigenvalue weighted by molar-refractivity contribution is -0.135. The summed E-state index contributed by atoms with van der Waals surface area (Å²) in [5.41, 5.74) is 10.3. The Balaban J connectivity index is 2.69. The summed E-state index contributed by atoms with van der Waals surface area (Å²) in [5, 5.41) is 0. The normalized spacial score (nSPS) is 17.8. The van der Waals surface area contributed by atoms with E-state index in [1.54, 1.807) is 0 Å². The summed E-state index contributed by atoms with van der Waals surface area (Å²) in [6, 6.07) is 0. The van der Waals surface area contributed by atoms with Crippen LogP contribution >= 0.6 is 0 Å². The zero-order chi connectivity index (χ0) is 6.85. The smallest absolute Gasteiger partial charge is 0.311 e. The highest BCUT2D eigenvalue weighted by Gasteiger charge is 2.18. The summed E-state index contributed by atoms with van der Waals surface area (Å²) < 4.78 is 4.61. The Kier molecular flexibility index (Phi) is 1.30. The molecule has 1 aliphatic heterocycles. The van der Waals surface area contributed by atoms with Gasteiger partial charge < -0.3 is 16.2 Å². The number of esters is 1. The molecule has 1 saturated heterocycles. The van der Waals surface area contributed by atoms with Crippen molar-refractivity contribution in [2.45, 2.75) is 12.8 Å². The number of carbonyl (C=O) groups is 1. The molecule has 0 atom stereocenters. The number of cyclic esters (lactones) is 1. The van der Waals surface area contributed by atoms with E-state index in [4.69, 9.17) is 11.5 Å². The molecule has 0 aromatic carbocycles. The van der Waals surface area contributed by atoms with E-state index in [-0.39, 0.29) is 11.8 Å². The lowest BCUT2D eigenvalue weighted by atomic mass is 10.3. The van der Waals surface area contributed by atoms with Crippen LogP contribution in [-0.4, -0.2) is 5.97 Å². The summed E-state index contributed by atoms with van der Waals surface area (Å²) >= 11 is 0. The number of ether oxygens (including phenoxy) is 1. The molecule has 0 saturated carbocycles. The van der Waals surface area contributed by atoms with Gasteiger partial charge in [-0.3, -0.25) is 4.79 Å². The Morgan fingerprint density at radius 1 is 1.44 bits per heavy atom. The van der Waals surface area contributed by atoms with Crippen LogP contribution in [0.4, 0.5) is 0 Å². The van der Waals surface area contributed by atoms with E-state index >= 15 is 0 Å². The molecule has 4 N–H and O–H groups in total. The summed E-state index contributed by atoms with van der Waals surface area (Å²) in [7, 11) is 0. The molecule has 1 heterocycles. The van der Waals surface area contributed by atoms with Crippen LogP contribution in [0.3, 0.4) is 0 Å². The van der Waals surface area contributed by atoms with Gasteiger partial charge in [0.2, 0.25) is 0 Å². The van der Waals surface area contributed by atoms with Crippen LogP contribution in [0.2, 0.25) is 0 Å². The van der Waals surface area contributed by atoms with Crippen LogP contribution in [0.5, 0.6) is 0 Å². The molecule has 0 bridgehead atoms. The summed E-state index contributed by atoms with van der Waals surface area (Å²) in [5.74, 6) is 0.277. The fourth-order valence-electron chi connectivity index (χ4n) is 0.658. The molecule has 0 aromatic rings. The van der Waals surface area contributed by atoms with Crippen LogP contribution in [0.25, 0.3) is 0 Å². The molecule has 9 heavy (non-hydrogen) atoms. The predicted molar refractivity (Wildman–Crippen MR) is 30.7 cm³/mol. The van der Waals surface area contributed by atoms with Crippen molar-refractivity contribution in [1.82, 2.24) is 0 Å². The molecule has 0 aliphatic carbocycles. The van der Waals surface area contributed by atoms with Gasteiger partial charge in [0.15, 0.2) is 0 Å². The predicted octanol–water partition coefficient (Wildman–Crippen LogP) is -0.590. The molecular formula is C5H8N2O2. The zero-order valence-corrected chi connectivity index (χ0v) is 4.89. The van der Waals surface area contributed by atoms with Crippen LogP contribution in [0.1, 0.15) is 12.8 Å². The second-order valence-electron chi connectivity index (χ2n) is 1.85. The average molecular weight is 128 g/mol. The van der Waals surface area contributed by atoms with E-state index in [9.17, 15) is 4.79 Å². The SMILES string of the molecule is NC(N)=C1CCC(=O)O1. The maximum atomic E-state index is 10.4. The fraction of sp³-hybridized carbons (Fsp3) is 0.400. The number of hydrogen-bond donors (Lipinski definition) is 2. The van der Waals surface area contributed by atoms with Crippen molar-refractivity contribution >= 4 is 5.97 Å². The number of carbonyl (C=O) groups excluding carboxylic acids is 1. The van der Waals surface area contributed by atoms with E-state index in [2.05, 4.69) is 4.74 Å². The second-order valence-corrected chi connectivity index (χ2v) is 1.85. The van der Waals surface area contributed by atoms with Gasteiger partial charge >= 0.3 is 5.97 Å². The second kappa shape index (κ2) is 1.97. The number of hydrogen-bond acceptors (Lipinski definition) is 4. The highest BCUT2D eigenvalue weighted by atomic mass is 16.5. The third-order valence-corrected chi connectivity index (χ3v) is 1.12. The summed E-state index contributed by atoms with van der Waals surface area (Å²) in [4.78, 5) is 10.4. The largest absolute Gasteiger partial charge is 0.427 e. The Hall–Kier alpha value is -1.19. The molecule has 0 radical (unpaired) electrons. The number of allylic oxidation sites excluding steroid dienone is 1. The molecule has 0 unspecified atom stereocenters. The van der Waals surface area contributed by atoms with Crippen molar-refractivity contribution in [2.75, 3.05) is 0 Å². The highest BCUT2D eigenvalue weighted by molar-refractivity contribution is 5.73. The minimum atomic E-state index is -0.251. The van der Waals surface area contributed by atoms with E-state index in [0.717, 1.165) is 0 Å². The molecule has 4 heteroatoms. The van der Waals surface area contributed by atoms with Crippen molar-refractivity contribution in [3.8, 4) is 0 Å². The van der Waals surface area contributed by atoms with Gasteiger partial charge in [-0.25, -0.2) is 0 Å². The maximum Gasteiger partial charge on any atom is 0.311 e. The Bertz CT molecular complexity index is 170. The van der Waals surface area contributed by atoms with E-state index < -0.39 is 0 Å². The molecule has 50 valence electrons. The molecule has 0 aromatic heterocycles. The third kappa shape index (κ3) is 1.13. The lowest BCUT2D eigenvalue weighted by Crippen LogP contribution is -2.11. The van der Waals surface area contributed by atoms with Gasteiger partial charge in [-0.2, -0.15) is 0 Å². The van der Waals surface area contributed by atoms with Gasteiger partial charge in [0.25, 0.3) is 0 Å². The first-order chi connectivity index (χ1) is 4.20.